The molecule has 1 aliphatic rings. The predicted octanol–water partition coefficient (Wildman–Crippen LogP) is 2.78. The molecule has 4 heteroatoms. The lowest BCUT2D eigenvalue weighted by molar-refractivity contribution is -0.169. The zero-order valence-corrected chi connectivity index (χ0v) is 9.24. The summed E-state index contributed by atoms with van der Waals surface area (Å²) >= 11 is 5.77. The lowest BCUT2D eigenvalue weighted by atomic mass is 10.2. The van der Waals surface area contributed by atoms with E-state index in [1.54, 1.807) is 6.07 Å². The van der Waals surface area contributed by atoms with Crippen LogP contribution in [-0.4, -0.2) is 17.9 Å². The number of aromatic nitrogens is 1. The van der Waals surface area contributed by atoms with Gasteiger partial charge in [0.2, 0.25) is 0 Å². The molecule has 1 aromatic heterocycles. The second kappa shape index (κ2) is 5.45. The van der Waals surface area contributed by atoms with Gasteiger partial charge in [0, 0.05) is 6.61 Å². The van der Waals surface area contributed by atoms with Gasteiger partial charge in [-0.3, -0.25) is 0 Å². The number of hydrogen-bond acceptors (Lipinski definition) is 3. The number of hydrogen-bond donors (Lipinski definition) is 0. The van der Waals surface area contributed by atoms with Crippen LogP contribution in [0.25, 0.3) is 0 Å². The number of halogens is 1. The third-order valence-corrected chi connectivity index (χ3v) is 2.54. The van der Waals surface area contributed by atoms with Gasteiger partial charge in [0.1, 0.15) is 5.15 Å². The standard InChI is InChI=1S/C11H14ClNO2/c12-10-5-3-4-9(13-10)8-15-11-6-1-2-7-14-11/h3-5,11H,1-2,6-8H2. The van der Waals surface area contributed by atoms with Crippen molar-refractivity contribution < 1.29 is 9.47 Å². The summed E-state index contributed by atoms with van der Waals surface area (Å²) in [5, 5.41) is 0.501. The van der Waals surface area contributed by atoms with E-state index in [1.165, 1.54) is 6.42 Å². The fourth-order valence-electron chi connectivity index (χ4n) is 1.55. The van der Waals surface area contributed by atoms with Crippen LogP contribution in [0.5, 0.6) is 0 Å². The van der Waals surface area contributed by atoms with E-state index in [9.17, 15) is 0 Å². The molecule has 82 valence electrons. The average Bonchev–Trinajstić information content (AvgIpc) is 2.28. The molecule has 0 aliphatic carbocycles. The van der Waals surface area contributed by atoms with Crippen LogP contribution in [0.1, 0.15) is 25.0 Å². The topological polar surface area (TPSA) is 31.4 Å². The van der Waals surface area contributed by atoms with E-state index in [2.05, 4.69) is 4.98 Å². The molecule has 1 aromatic rings. The summed E-state index contributed by atoms with van der Waals surface area (Å²) in [5.74, 6) is 0. The maximum Gasteiger partial charge on any atom is 0.158 e. The molecule has 2 heterocycles. The van der Waals surface area contributed by atoms with E-state index in [0.717, 1.165) is 25.1 Å². The van der Waals surface area contributed by atoms with Crippen LogP contribution < -0.4 is 0 Å². The molecule has 0 aromatic carbocycles. The van der Waals surface area contributed by atoms with Crippen molar-refractivity contribution in [3.8, 4) is 0 Å². The number of pyridine rings is 1. The Morgan fingerprint density at radius 2 is 2.40 bits per heavy atom. The van der Waals surface area contributed by atoms with Gasteiger partial charge < -0.3 is 9.47 Å². The summed E-state index contributed by atoms with van der Waals surface area (Å²) in [6.45, 7) is 1.26. The Bertz CT molecular complexity index is 313. The molecule has 1 aliphatic heterocycles. The minimum Gasteiger partial charge on any atom is -0.353 e. The highest BCUT2D eigenvalue weighted by Crippen LogP contribution is 2.15. The van der Waals surface area contributed by atoms with Gasteiger partial charge >= 0.3 is 0 Å². The molecule has 0 amide bonds. The Morgan fingerprint density at radius 3 is 3.13 bits per heavy atom. The first-order valence-electron chi connectivity index (χ1n) is 5.19. The molecule has 0 radical (unpaired) electrons. The van der Waals surface area contributed by atoms with Crippen LogP contribution in [0.2, 0.25) is 5.15 Å². The van der Waals surface area contributed by atoms with Gasteiger partial charge in [0.05, 0.1) is 12.3 Å². The van der Waals surface area contributed by atoms with E-state index < -0.39 is 0 Å². The molecule has 0 spiro atoms. The van der Waals surface area contributed by atoms with Crippen molar-refractivity contribution in [1.29, 1.82) is 0 Å². The number of ether oxygens (including phenoxy) is 2. The fourth-order valence-corrected chi connectivity index (χ4v) is 1.73. The highest BCUT2D eigenvalue weighted by atomic mass is 35.5. The summed E-state index contributed by atoms with van der Waals surface area (Å²) in [4.78, 5) is 4.14. The molecule has 15 heavy (non-hydrogen) atoms. The van der Waals surface area contributed by atoms with Crippen molar-refractivity contribution in [3.05, 3.63) is 29.0 Å². The summed E-state index contributed by atoms with van der Waals surface area (Å²) in [5.41, 5.74) is 0.844. The van der Waals surface area contributed by atoms with Gasteiger partial charge in [-0.25, -0.2) is 4.98 Å². The fraction of sp³-hybridized carbons (Fsp3) is 0.545. The first-order chi connectivity index (χ1) is 7.34. The predicted molar refractivity (Wildman–Crippen MR) is 57.6 cm³/mol. The van der Waals surface area contributed by atoms with Gasteiger partial charge in [-0.1, -0.05) is 17.7 Å². The molecular weight excluding hydrogens is 214 g/mol. The van der Waals surface area contributed by atoms with E-state index in [1.807, 2.05) is 12.1 Å². The molecule has 1 saturated heterocycles. The van der Waals surface area contributed by atoms with Crippen LogP contribution in [-0.2, 0) is 16.1 Å². The van der Waals surface area contributed by atoms with E-state index in [0.29, 0.717) is 11.8 Å². The van der Waals surface area contributed by atoms with Crippen LogP contribution in [0.4, 0.5) is 0 Å². The molecule has 1 unspecified atom stereocenters. The summed E-state index contributed by atoms with van der Waals surface area (Å²) in [6.07, 6.45) is 3.21. The first-order valence-corrected chi connectivity index (χ1v) is 5.57. The summed E-state index contributed by atoms with van der Waals surface area (Å²) in [6, 6.07) is 5.52. The van der Waals surface area contributed by atoms with E-state index >= 15 is 0 Å². The van der Waals surface area contributed by atoms with Gasteiger partial charge in [0.15, 0.2) is 6.29 Å². The SMILES string of the molecule is Clc1cccc(COC2CCCCO2)n1. The van der Waals surface area contributed by atoms with Crippen LogP contribution in [0.15, 0.2) is 18.2 Å². The number of nitrogens with zero attached hydrogens (tertiary/aromatic N) is 1. The minimum absolute atomic E-state index is 0.0699. The van der Waals surface area contributed by atoms with Gasteiger partial charge in [-0.05, 0) is 31.4 Å². The molecule has 0 N–H and O–H groups in total. The highest BCUT2D eigenvalue weighted by molar-refractivity contribution is 6.29. The zero-order chi connectivity index (χ0) is 10.5. The van der Waals surface area contributed by atoms with Gasteiger partial charge in [-0.2, -0.15) is 0 Å². The summed E-state index contributed by atoms with van der Waals surface area (Å²) in [7, 11) is 0. The lowest BCUT2D eigenvalue weighted by Gasteiger charge is -2.22. The third kappa shape index (κ3) is 3.45. The van der Waals surface area contributed by atoms with Crippen LogP contribution >= 0.6 is 11.6 Å². The van der Waals surface area contributed by atoms with Gasteiger partial charge in [-0.15, -0.1) is 0 Å². The van der Waals surface area contributed by atoms with Crippen molar-refractivity contribution in [3.63, 3.8) is 0 Å². The van der Waals surface area contributed by atoms with Crippen molar-refractivity contribution in [2.75, 3.05) is 6.61 Å². The Kier molecular flexibility index (Phi) is 3.94. The van der Waals surface area contributed by atoms with E-state index in [-0.39, 0.29) is 6.29 Å². The zero-order valence-electron chi connectivity index (χ0n) is 8.49. The molecule has 1 fully saturated rings. The maximum absolute atomic E-state index is 5.77. The Balaban J connectivity index is 1.81. The molecule has 0 bridgehead atoms. The molecule has 2 rings (SSSR count). The van der Waals surface area contributed by atoms with Crippen molar-refractivity contribution in [1.82, 2.24) is 4.98 Å². The third-order valence-electron chi connectivity index (χ3n) is 2.33. The largest absolute Gasteiger partial charge is 0.353 e. The second-order valence-electron chi connectivity index (χ2n) is 3.56. The van der Waals surface area contributed by atoms with Crippen LogP contribution in [0.3, 0.4) is 0 Å². The monoisotopic (exact) mass is 227 g/mol. The minimum atomic E-state index is -0.0699. The Hall–Kier alpha value is -0.640. The van der Waals surface area contributed by atoms with E-state index in [4.69, 9.17) is 21.1 Å². The second-order valence-corrected chi connectivity index (χ2v) is 3.95. The van der Waals surface area contributed by atoms with Crippen molar-refractivity contribution >= 4 is 11.6 Å². The molecule has 1 atom stereocenters. The molecular formula is C11H14ClNO2. The smallest absolute Gasteiger partial charge is 0.158 e. The normalized spacial score (nSPS) is 21.5. The number of rotatable bonds is 3. The molecule has 3 nitrogen and oxygen atoms in total. The first kappa shape index (κ1) is 10.9. The van der Waals surface area contributed by atoms with Crippen molar-refractivity contribution in [2.45, 2.75) is 32.2 Å². The lowest BCUT2D eigenvalue weighted by Crippen LogP contribution is -2.22. The van der Waals surface area contributed by atoms with Gasteiger partial charge in [0.25, 0.3) is 0 Å². The quantitative estimate of drug-likeness (QED) is 0.745. The summed E-state index contributed by atoms with van der Waals surface area (Å²) < 4.78 is 11.0. The highest BCUT2D eigenvalue weighted by Gasteiger charge is 2.14. The average molecular weight is 228 g/mol. The molecule has 0 saturated carbocycles. The van der Waals surface area contributed by atoms with Crippen LogP contribution in [0, 0.1) is 0 Å². The Labute approximate surface area is 94.4 Å². The maximum atomic E-state index is 5.77. The Morgan fingerprint density at radius 1 is 1.47 bits per heavy atom. The van der Waals surface area contributed by atoms with Crippen molar-refractivity contribution in [2.24, 2.45) is 0 Å².